The van der Waals surface area contributed by atoms with Crippen LogP contribution in [0.3, 0.4) is 0 Å². The first-order valence-corrected chi connectivity index (χ1v) is 16.3. The molecule has 49 heavy (non-hydrogen) atoms. The van der Waals surface area contributed by atoms with Gasteiger partial charge in [-0.15, -0.1) is 0 Å². The lowest BCUT2D eigenvalue weighted by Gasteiger charge is -2.36. The highest BCUT2D eigenvalue weighted by molar-refractivity contribution is 5.84. The van der Waals surface area contributed by atoms with Crippen LogP contribution in [0.2, 0.25) is 0 Å². The van der Waals surface area contributed by atoms with Gasteiger partial charge in [-0.25, -0.2) is 24.1 Å². The van der Waals surface area contributed by atoms with Crippen molar-refractivity contribution < 1.29 is 37.0 Å². The van der Waals surface area contributed by atoms with Crippen LogP contribution in [0.4, 0.5) is 23.9 Å². The second-order valence-electron chi connectivity index (χ2n) is 13.8. The number of nitrogens with zero attached hydrogens (tertiary/aromatic N) is 6. The van der Waals surface area contributed by atoms with Crippen LogP contribution < -0.4 is 9.64 Å². The molecule has 4 heterocycles. The Morgan fingerprint density at radius 3 is 2.35 bits per heavy atom. The number of imidazole rings is 1. The summed E-state index contributed by atoms with van der Waals surface area (Å²) in [4.78, 5) is 43.0. The highest BCUT2D eigenvalue weighted by atomic mass is 19.3. The molecule has 1 aliphatic carbocycles. The Hall–Kier alpha value is -4.88. The first kappa shape index (κ1) is 32.7. The van der Waals surface area contributed by atoms with Crippen molar-refractivity contribution in [3.8, 4) is 16.9 Å². The van der Waals surface area contributed by atoms with E-state index in [1.54, 1.807) is 57.4 Å². The second kappa shape index (κ2) is 12.5. The van der Waals surface area contributed by atoms with Gasteiger partial charge in [0.15, 0.2) is 0 Å². The molecule has 4 aromatic rings. The Balaban J connectivity index is 1.24. The summed E-state index contributed by atoms with van der Waals surface area (Å²) in [5, 5.41) is 0. The maximum absolute atomic E-state index is 15.8. The fourth-order valence-corrected chi connectivity index (χ4v) is 7.56. The SMILES string of the molecule is COC(=O)C1C2CCC1CN(c1ncc(-c3cc4c(cc3F)nc3n4[C@H](c4ccccc4OC(F)F)CN(C(=O)OC(C)(C)C)C3)cn1)C2. The maximum atomic E-state index is 15.8. The van der Waals surface area contributed by atoms with E-state index in [4.69, 9.17) is 14.2 Å². The molecule has 0 N–H and O–H groups in total. The van der Waals surface area contributed by atoms with Gasteiger partial charge in [-0.05, 0) is 57.6 Å². The van der Waals surface area contributed by atoms with Gasteiger partial charge in [0.1, 0.15) is 23.0 Å². The van der Waals surface area contributed by atoms with Crippen molar-refractivity contribution in [2.45, 2.75) is 58.4 Å². The number of para-hydroxylation sites is 1. The predicted octanol–water partition coefficient (Wildman–Crippen LogP) is 6.21. The number of amides is 1. The third kappa shape index (κ3) is 6.24. The van der Waals surface area contributed by atoms with E-state index in [1.165, 1.54) is 24.1 Å². The number of fused-ring (bicyclic) bond motifs is 5. The van der Waals surface area contributed by atoms with Gasteiger partial charge >= 0.3 is 18.7 Å². The minimum atomic E-state index is -3.07. The van der Waals surface area contributed by atoms with E-state index in [-0.39, 0.29) is 48.1 Å². The molecule has 1 amide bonds. The number of benzene rings is 2. The molecule has 2 aromatic carbocycles. The van der Waals surface area contributed by atoms with Crippen molar-refractivity contribution >= 4 is 29.0 Å². The largest absolute Gasteiger partial charge is 0.469 e. The van der Waals surface area contributed by atoms with Gasteiger partial charge in [0.05, 0.1) is 36.6 Å². The molecule has 11 nitrogen and oxygen atoms in total. The number of halogens is 3. The van der Waals surface area contributed by atoms with Crippen LogP contribution in [0.25, 0.3) is 22.2 Å². The molecule has 3 atom stereocenters. The fraction of sp³-hybridized carbons (Fsp3) is 0.457. The Bertz CT molecular complexity index is 1880. The van der Waals surface area contributed by atoms with Crippen LogP contribution in [-0.2, 0) is 20.8 Å². The van der Waals surface area contributed by atoms with Crippen LogP contribution in [0, 0.1) is 23.6 Å². The summed E-state index contributed by atoms with van der Waals surface area (Å²) in [7, 11) is 1.42. The highest BCUT2D eigenvalue weighted by Crippen LogP contribution is 2.43. The van der Waals surface area contributed by atoms with E-state index in [9.17, 15) is 18.4 Å². The van der Waals surface area contributed by atoms with Crippen LogP contribution >= 0.6 is 0 Å². The monoisotopic (exact) mass is 678 g/mol. The first-order chi connectivity index (χ1) is 23.4. The lowest BCUT2D eigenvalue weighted by Crippen LogP contribution is -2.45. The number of hydrogen-bond donors (Lipinski definition) is 0. The molecular formula is C35H37F3N6O5. The lowest BCUT2D eigenvalue weighted by atomic mass is 9.85. The van der Waals surface area contributed by atoms with Crippen LogP contribution in [0.5, 0.6) is 5.75 Å². The average molecular weight is 679 g/mol. The number of rotatable bonds is 6. The number of esters is 1. The molecule has 2 bridgehead atoms. The molecule has 2 fully saturated rings. The van der Waals surface area contributed by atoms with Crippen molar-refractivity contribution in [1.29, 1.82) is 0 Å². The summed E-state index contributed by atoms with van der Waals surface area (Å²) in [6.07, 6.45) is 4.43. The number of alkyl halides is 2. The van der Waals surface area contributed by atoms with Crippen molar-refractivity contribution in [3.05, 3.63) is 66.0 Å². The van der Waals surface area contributed by atoms with E-state index >= 15 is 4.39 Å². The molecule has 0 radical (unpaired) electrons. The number of methoxy groups -OCH3 is 1. The molecule has 0 spiro atoms. The van der Waals surface area contributed by atoms with Crippen LogP contribution in [0.15, 0.2) is 48.8 Å². The van der Waals surface area contributed by atoms with Crippen molar-refractivity contribution in [2.75, 3.05) is 31.6 Å². The summed E-state index contributed by atoms with van der Waals surface area (Å²) in [6, 6.07) is 8.65. The zero-order valence-corrected chi connectivity index (χ0v) is 27.6. The molecule has 2 aliphatic heterocycles. The second-order valence-corrected chi connectivity index (χ2v) is 13.8. The van der Waals surface area contributed by atoms with E-state index in [1.807, 2.05) is 4.57 Å². The minimum absolute atomic E-state index is 0.0447. The quantitative estimate of drug-likeness (QED) is 0.220. The van der Waals surface area contributed by atoms with Gasteiger partial charge in [0, 0.05) is 54.8 Å². The molecule has 1 saturated carbocycles. The van der Waals surface area contributed by atoms with Gasteiger partial charge in [-0.3, -0.25) is 9.69 Å². The lowest BCUT2D eigenvalue weighted by molar-refractivity contribution is -0.148. The molecule has 3 aliphatic rings. The topological polar surface area (TPSA) is 112 Å². The zero-order chi connectivity index (χ0) is 34.6. The van der Waals surface area contributed by atoms with Gasteiger partial charge < -0.3 is 23.7 Å². The summed E-state index contributed by atoms with van der Waals surface area (Å²) >= 11 is 0. The number of hydrogen-bond acceptors (Lipinski definition) is 9. The molecule has 2 unspecified atom stereocenters. The number of carbonyl (C=O) groups is 2. The molecular weight excluding hydrogens is 641 g/mol. The summed E-state index contributed by atoms with van der Waals surface area (Å²) in [5.74, 6) is 0.394. The van der Waals surface area contributed by atoms with Crippen molar-refractivity contribution in [1.82, 2.24) is 24.4 Å². The Morgan fingerprint density at radius 2 is 1.69 bits per heavy atom. The predicted molar refractivity (Wildman–Crippen MR) is 173 cm³/mol. The zero-order valence-electron chi connectivity index (χ0n) is 27.6. The number of aromatic nitrogens is 4. The third-order valence-corrected chi connectivity index (χ3v) is 9.57. The Morgan fingerprint density at radius 1 is 1.00 bits per heavy atom. The first-order valence-electron chi connectivity index (χ1n) is 16.3. The molecule has 2 aromatic heterocycles. The molecule has 258 valence electrons. The van der Waals surface area contributed by atoms with Gasteiger partial charge in [0.25, 0.3) is 0 Å². The third-order valence-electron chi connectivity index (χ3n) is 9.57. The molecule has 14 heteroatoms. The van der Waals surface area contributed by atoms with Gasteiger partial charge in [0.2, 0.25) is 5.95 Å². The summed E-state index contributed by atoms with van der Waals surface area (Å²) < 4.78 is 60.1. The maximum Gasteiger partial charge on any atom is 0.410 e. The van der Waals surface area contributed by atoms with E-state index in [0.29, 0.717) is 47.0 Å². The fourth-order valence-electron chi connectivity index (χ4n) is 7.56. The number of carbonyl (C=O) groups excluding carboxylic acids is 2. The molecule has 1 saturated heterocycles. The van der Waals surface area contributed by atoms with Gasteiger partial charge in [-0.1, -0.05) is 18.2 Å². The average Bonchev–Trinajstić information content (AvgIpc) is 3.55. The van der Waals surface area contributed by atoms with Gasteiger partial charge in [-0.2, -0.15) is 8.78 Å². The normalized spacial score (nSPS) is 22.0. The minimum Gasteiger partial charge on any atom is -0.469 e. The van der Waals surface area contributed by atoms with Crippen molar-refractivity contribution in [3.63, 3.8) is 0 Å². The highest BCUT2D eigenvalue weighted by Gasteiger charge is 2.47. The Labute approximate surface area is 281 Å². The van der Waals surface area contributed by atoms with Crippen LogP contribution in [-0.4, -0.2) is 75.4 Å². The Kier molecular flexibility index (Phi) is 8.35. The van der Waals surface area contributed by atoms with E-state index < -0.39 is 30.2 Å². The smallest absolute Gasteiger partial charge is 0.410 e. The summed E-state index contributed by atoms with van der Waals surface area (Å²) in [6.45, 7) is 3.59. The van der Waals surface area contributed by atoms with E-state index in [2.05, 4.69) is 19.9 Å². The number of ether oxygens (including phenoxy) is 3. The standard InChI is InChI=1S/C35H37F3N6O5/c1-35(2,3)49-34(46)43-17-27(22-7-5-6-8-28(22)48-32(37)38)44-26-11-23(24(36)12-25(26)41-29(44)18-43)21-13-39-33(40-14-21)42-15-19-9-10-20(16-42)30(19)31(45)47-4/h5-8,11-14,19-20,27,30,32H,9-10,15-18H2,1-4H3/t19?,20?,27-,30?/m0/s1. The number of anilines is 1. The number of piperidine rings is 1. The van der Waals surface area contributed by atoms with Crippen molar-refractivity contribution in [2.24, 2.45) is 17.8 Å². The summed E-state index contributed by atoms with van der Waals surface area (Å²) in [5.41, 5.74) is 1.18. The molecule has 7 rings (SSSR count). The van der Waals surface area contributed by atoms with E-state index in [0.717, 1.165) is 12.8 Å². The van der Waals surface area contributed by atoms with Crippen LogP contribution in [0.1, 0.15) is 51.0 Å².